The van der Waals surface area contributed by atoms with Gasteiger partial charge in [0.2, 0.25) is 0 Å². The second kappa shape index (κ2) is 5.58. The van der Waals surface area contributed by atoms with Gasteiger partial charge in [0.1, 0.15) is 5.82 Å². The second-order valence-corrected chi connectivity index (χ2v) is 6.20. The van der Waals surface area contributed by atoms with E-state index in [0.29, 0.717) is 17.8 Å². The summed E-state index contributed by atoms with van der Waals surface area (Å²) in [7, 11) is 0. The first-order valence-corrected chi connectivity index (χ1v) is 7.72. The van der Waals surface area contributed by atoms with Crippen molar-refractivity contribution < 1.29 is 9.18 Å². The highest BCUT2D eigenvalue weighted by molar-refractivity contribution is 7.99. The molecule has 2 aromatic rings. The van der Waals surface area contributed by atoms with E-state index in [2.05, 4.69) is 0 Å². The summed E-state index contributed by atoms with van der Waals surface area (Å²) in [4.78, 5) is 15.3. The minimum absolute atomic E-state index is 0.115. The summed E-state index contributed by atoms with van der Waals surface area (Å²) in [5, 5.41) is 0.115. The van der Waals surface area contributed by atoms with E-state index in [9.17, 15) is 9.18 Å². The number of hydrogen-bond donors (Lipinski definition) is 1. The van der Waals surface area contributed by atoms with Crippen molar-refractivity contribution in [2.75, 3.05) is 22.9 Å². The average Bonchev–Trinajstić information content (AvgIpc) is 2.46. The minimum Gasteiger partial charge on any atom is -0.399 e. The van der Waals surface area contributed by atoms with E-state index < -0.39 is 5.82 Å². The fourth-order valence-electron chi connectivity index (χ4n) is 2.25. The zero-order valence-corrected chi connectivity index (χ0v) is 12.5. The molecular formula is C15H12ClFN2OS. The van der Waals surface area contributed by atoms with E-state index in [0.717, 1.165) is 22.4 Å². The molecule has 1 heterocycles. The minimum atomic E-state index is -0.463. The van der Waals surface area contributed by atoms with Gasteiger partial charge in [0.05, 0.1) is 16.3 Å². The fourth-order valence-corrected chi connectivity index (χ4v) is 3.48. The second-order valence-electron chi connectivity index (χ2n) is 4.66. The number of thioether (sulfide) groups is 1. The summed E-state index contributed by atoms with van der Waals surface area (Å²) in [6.07, 6.45) is 0. The zero-order valence-electron chi connectivity index (χ0n) is 11.0. The molecule has 6 heteroatoms. The third-order valence-electron chi connectivity index (χ3n) is 3.25. The Balaban J connectivity index is 2.02. The predicted octanol–water partition coefficient (Wildman–Crippen LogP) is 3.81. The van der Waals surface area contributed by atoms with Crippen molar-refractivity contribution in [1.29, 1.82) is 0 Å². The standard InChI is InChI=1S/C15H12ClFN2OS/c16-12-7-9(17)1-3-11(12)15(20)19-5-6-21-14-4-2-10(18)8-13(14)19/h1-4,7-8H,5-6,18H2. The van der Waals surface area contributed by atoms with Gasteiger partial charge in [-0.1, -0.05) is 11.6 Å². The molecule has 0 aliphatic carbocycles. The Bertz CT molecular complexity index is 723. The molecule has 0 aromatic heterocycles. The monoisotopic (exact) mass is 322 g/mol. The van der Waals surface area contributed by atoms with Gasteiger partial charge in [0.15, 0.2) is 0 Å². The molecule has 0 bridgehead atoms. The van der Waals surface area contributed by atoms with Gasteiger partial charge < -0.3 is 10.6 Å². The summed E-state index contributed by atoms with van der Waals surface area (Å²) in [5.74, 6) is 0.0871. The Morgan fingerprint density at radius 3 is 2.86 bits per heavy atom. The number of hydrogen-bond acceptors (Lipinski definition) is 3. The van der Waals surface area contributed by atoms with Crippen LogP contribution in [0.3, 0.4) is 0 Å². The van der Waals surface area contributed by atoms with Crippen molar-refractivity contribution in [3.8, 4) is 0 Å². The number of carbonyl (C=O) groups excluding carboxylic acids is 1. The smallest absolute Gasteiger partial charge is 0.259 e. The van der Waals surface area contributed by atoms with Crippen LogP contribution in [0.2, 0.25) is 5.02 Å². The van der Waals surface area contributed by atoms with Crippen LogP contribution in [0.1, 0.15) is 10.4 Å². The van der Waals surface area contributed by atoms with Gasteiger partial charge in [0, 0.05) is 22.9 Å². The largest absolute Gasteiger partial charge is 0.399 e. The third-order valence-corrected chi connectivity index (χ3v) is 4.61. The molecule has 0 spiro atoms. The van der Waals surface area contributed by atoms with Crippen LogP contribution in [0.4, 0.5) is 15.8 Å². The number of rotatable bonds is 1. The molecule has 3 rings (SSSR count). The molecule has 0 unspecified atom stereocenters. The number of nitrogen functional groups attached to an aromatic ring is 1. The highest BCUT2D eigenvalue weighted by Gasteiger charge is 2.25. The lowest BCUT2D eigenvalue weighted by Crippen LogP contribution is -2.35. The van der Waals surface area contributed by atoms with Gasteiger partial charge in [-0.05, 0) is 36.4 Å². The first kappa shape index (κ1) is 14.2. The topological polar surface area (TPSA) is 46.3 Å². The van der Waals surface area contributed by atoms with Gasteiger partial charge in [0.25, 0.3) is 5.91 Å². The van der Waals surface area contributed by atoms with Crippen molar-refractivity contribution in [2.24, 2.45) is 0 Å². The van der Waals surface area contributed by atoms with Crippen molar-refractivity contribution in [3.05, 3.63) is 52.8 Å². The maximum Gasteiger partial charge on any atom is 0.259 e. The summed E-state index contributed by atoms with van der Waals surface area (Å²) in [5.41, 5.74) is 7.47. The van der Waals surface area contributed by atoms with E-state index >= 15 is 0 Å². The highest BCUT2D eigenvalue weighted by Crippen LogP contribution is 2.37. The Labute approximate surface area is 130 Å². The van der Waals surface area contributed by atoms with Crippen molar-refractivity contribution in [3.63, 3.8) is 0 Å². The number of fused-ring (bicyclic) bond motifs is 1. The van der Waals surface area contributed by atoms with E-state index in [1.54, 1.807) is 22.7 Å². The molecule has 108 valence electrons. The summed E-state index contributed by atoms with van der Waals surface area (Å²) < 4.78 is 13.1. The van der Waals surface area contributed by atoms with Gasteiger partial charge in [-0.3, -0.25) is 4.79 Å². The molecule has 1 aliphatic heterocycles. The van der Waals surface area contributed by atoms with Gasteiger partial charge >= 0.3 is 0 Å². The molecule has 0 fully saturated rings. The highest BCUT2D eigenvalue weighted by atomic mass is 35.5. The van der Waals surface area contributed by atoms with Crippen LogP contribution in [-0.2, 0) is 0 Å². The Morgan fingerprint density at radius 2 is 2.10 bits per heavy atom. The van der Waals surface area contributed by atoms with Gasteiger partial charge in [-0.15, -0.1) is 11.8 Å². The Hall–Kier alpha value is -1.72. The van der Waals surface area contributed by atoms with E-state index in [-0.39, 0.29) is 10.9 Å². The van der Waals surface area contributed by atoms with Crippen molar-refractivity contribution in [2.45, 2.75) is 4.90 Å². The Kier molecular flexibility index (Phi) is 3.78. The number of nitrogens with two attached hydrogens (primary N) is 1. The Morgan fingerprint density at radius 1 is 1.29 bits per heavy atom. The molecule has 0 saturated heterocycles. The van der Waals surface area contributed by atoms with E-state index in [4.69, 9.17) is 17.3 Å². The van der Waals surface area contributed by atoms with Crippen LogP contribution >= 0.6 is 23.4 Å². The van der Waals surface area contributed by atoms with Crippen LogP contribution in [0, 0.1) is 5.82 Å². The third kappa shape index (κ3) is 2.71. The maximum absolute atomic E-state index is 13.1. The first-order chi connectivity index (χ1) is 10.1. The normalized spacial score (nSPS) is 13.9. The molecular weight excluding hydrogens is 311 g/mol. The molecule has 0 saturated carbocycles. The molecule has 1 aliphatic rings. The lowest BCUT2D eigenvalue weighted by Gasteiger charge is -2.29. The van der Waals surface area contributed by atoms with Crippen molar-refractivity contribution in [1.82, 2.24) is 0 Å². The van der Waals surface area contributed by atoms with Crippen LogP contribution in [-0.4, -0.2) is 18.2 Å². The van der Waals surface area contributed by atoms with E-state index in [1.165, 1.54) is 12.1 Å². The van der Waals surface area contributed by atoms with Crippen LogP contribution in [0.5, 0.6) is 0 Å². The summed E-state index contributed by atoms with van der Waals surface area (Å²) in [6.45, 7) is 0.563. The molecule has 1 amide bonds. The SMILES string of the molecule is Nc1ccc2c(c1)N(C(=O)c1ccc(F)cc1Cl)CCS2. The zero-order chi connectivity index (χ0) is 15.0. The summed E-state index contributed by atoms with van der Waals surface area (Å²) >= 11 is 7.66. The van der Waals surface area contributed by atoms with Crippen molar-refractivity contribution >= 4 is 40.6 Å². The van der Waals surface area contributed by atoms with Crippen LogP contribution in [0.25, 0.3) is 0 Å². The van der Waals surface area contributed by atoms with Crippen LogP contribution < -0.4 is 10.6 Å². The molecule has 0 atom stereocenters. The predicted molar refractivity (Wildman–Crippen MR) is 84.7 cm³/mol. The lowest BCUT2D eigenvalue weighted by molar-refractivity contribution is 0.0988. The lowest BCUT2D eigenvalue weighted by atomic mass is 10.1. The molecule has 2 aromatic carbocycles. The van der Waals surface area contributed by atoms with Gasteiger partial charge in [-0.25, -0.2) is 4.39 Å². The first-order valence-electron chi connectivity index (χ1n) is 6.35. The quantitative estimate of drug-likeness (QED) is 0.812. The van der Waals surface area contributed by atoms with Crippen LogP contribution in [0.15, 0.2) is 41.3 Å². The average molecular weight is 323 g/mol. The number of anilines is 2. The van der Waals surface area contributed by atoms with E-state index in [1.807, 2.05) is 12.1 Å². The molecule has 3 nitrogen and oxygen atoms in total. The number of amides is 1. The molecule has 0 radical (unpaired) electrons. The fraction of sp³-hybridized carbons (Fsp3) is 0.133. The number of carbonyl (C=O) groups is 1. The number of nitrogens with zero attached hydrogens (tertiary/aromatic N) is 1. The number of halogens is 2. The summed E-state index contributed by atoms with van der Waals surface area (Å²) in [6, 6.07) is 9.28. The molecule has 2 N–H and O–H groups in total. The van der Waals surface area contributed by atoms with Gasteiger partial charge in [-0.2, -0.15) is 0 Å². The molecule has 21 heavy (non-hydrogen) atoms. The number of benzene rings is 2. The maximum atomic E-state index is 13.1.